The second-order valence-electron chi connectivity index (χ2n) is 18.3. The molecule has 6 atom stereocenters. The molecule has 2 saturated carbocycles. The van der Waals surface area contributed by atoms with Gasteiger partial charge >= 0.3 is 12.2 Å². The first-order valence-corrected chi connectivity index (χ1v) is 22.7. The molecule has 0 heterocycles. The van der Waals surface area contributed by atoms with Crippen LogP contribution in [0, 0.1) is 47.3 Å². The van der Waals surface area contributed by atoms with E-state index in [1.54, 1.807) is 0 Å². The maximum Gasteiger partial charge on any atom is 0.407 e. The maximum atomic E-state index is 12.6. The number of amides is 3. The summed E-state index contributed by atoms with van der Waals surface area (Å²) in [4.78, 5) is 46.5. The first-order valence-electron chi connectivity index (χ1n) is 21.2. The number of hydrogen-bond donors (Lipinski definition) is 4. The first kappa shape index (κ1) is 56.6. The average Bonchev–Trinajstić information content (AvgIpc) is 3.06. The van der Waals surface area contributed by atoms with E-state index in [0.717, 1.165) is 57.9 Å². The Morgan fingerprint density at radius 3 is 1.34 bits per heavy atom. The van der Waals surface area contributed by atoms with Crippen LogP contribution in [0.25, 0.3) is 0 Å². The number of nitrogens with two attached hydrogens (primary N) is 1. The molecule has 3 amide bonds. The third-order valence-electron chi connectivity index (χ3n) is 10.0. The van der Waals surface area contributed by atoms with Gasteiger partial charge in [0.15, 0.2) is 0 Å². The van der Waals surface area contributed by atoms with Crippen molar-refractivity contribution < 1.29 is 28.7 Å². The summed E-state index contributed by atoms with van der Waals surface area (Å²) >= 11 is 15.1. The van der Waals surface area contributed by atoms with Crippen LogP contribution in [-0.2, 0) is 19.1 Å². The van der Waals surface area contributed by atoms with Gasteiger partial charge in [0.25, 0.3) is 0 Å². The van der Waals surface area contributed by atoms with E-state index in [9.17, 15) is 19.2 Å². The lowest BCUT2D eigenvalue weighted by molar-refractivity contribution is -0.129. The second-order valence-corrected chi connectivity index (χ2v) is 19.5. The molecular weight excluding hydrogens is 775 g/mol. The number of unbranched alkanes of at least 4 members (excludes halogenated alkanes) is 4. The SMILES string of the molecule is CC(C)(C)OC(=O)NCCCCCN.CC(C)[C@@H]1CC[C@@H](C)C[C@H]1C(=O)Cl.CC(C)[C@@H]1CC[C@@H](C)C[C@H]1C(=O)NCCCCCNC(=O)OC(C)(C)C.ClCCl. The van der Waals surface area contributed by atoms with Gasteiger partial charge in [-0.1, -0.05) is 60.8 Å². The maximum absolute atomic E-state index is 12.6. The van der Waals surface area contributed by atoms with Crippen LogP contribution in [0.1, 0.15) is 160 Å². The zero-order valence-electron chi connectivity index (χ0n) is 37.3. The molecule has 0 radical (unpaired) electrons. The van der Waals surface area contributed by atoms with Gasteiger partial charge in [0, 0.05) is 31.5 Å². The largest absolute Gasteiger partial charge is 0.444 e. The fraction of sp³-hybridized carbons (Fsp3) is 0.907. The van der Waals surface area contributed by atoms with Gasteiger partial charge in [-0.15, -0.1) is 23.2 Å². The van der Waals surface area contributed by atoms with E-state index in [-0.39, 0.29) is 40.5 Å². The Kier molecular flexibility index (Phi) is 31.8. The zero-order chi connectivity index (χ0) is 43.5. The fourth-order valence-electron chi connectivity index (χ4n) is 7.19. The highest BCUT2D eigenvalue weighted by molar-refractivity contribution is 6.64. The zero-order valence-corrected chi connectivity index (χ0v) is 39.6. The van der Waals surface area contributed by atoms with Crippen LogP contribution in [-0.4, -0.2) is 66.1 Å². The molecule has 0 aromatic rings. The molecule has 2 aliphatic rings. The summed E-state index contributed by atoms with van der Waals surface area (Å²) in [5, 5.41) is 8.67. The highest BCUT2D eigenvalue weighted by atomic mass is 35.5. The Morgan fingerprint density at radius 1 is 0.625 bits per heavy atom. The number of alkyl carbamates (subject to hydrolysis) is 2. The second kappa shape index (κ2) is 31.4. The van der Waals surface area contributed by atoms with Crippen molar-refractivity contribution in [3.63, 3.8) is 0 Å². The van der Waals surface area contributed by atoms with Crippen molar-refractivity contribution in [3.05, 3.63) is 0 Å². The Balaban J connectivity index is 0. The third-order valence-corrected chi connectivity index (χ3v) is 10.3. The molecule has 0 bridgehead atoms. The van der Waals surface area contributed by atoms with Gasteiger partial charge in [-0.05, 0) is 153 Å². The van der Waals surface area contributed by atoms with Gasteiger partial charge in [0.1, 0.15) is 11.2 Å². The molecule has 13 heteroatoms. The predicted octanol–water partition coefficient (Wildman–Crippen LogP) is 11.0. The molecule has 332 valence electrons. The molecule has 0 aromatic carbocycles. The van der Waals surface area contributed by atoms with Crippen LogP contribution >= 0.6 is 34.8 Å². The summed E-state index contributed by atoms with van der Waals surface area (Å²) in [6.07, 6.45) is 12.0. The van der Waals surface area contributed by atoms with Crippen molar-refractivity contribution in [1.29, 1.82) is 0 Å². The summed E-state index contributed by atoms with van der Waals surface area (Å²) in [5.74, 6) is 4.03. The molecule has 0 saturated heterocycles. The minimum atomic E-state index is -0.459. The average molecular weight is 859 g/mol. The molecule has 2 rings (SSSR count). The Hall–Kier alpha value is -1.49. The molecule has 0 aromatic heterocycles. The number of alkyl halides is 2. The molecule has 2 aliphatic carbocycles. The van der Waals surface area contributed by atoms with Gasteiger partial charge in [0.2, 0.25) is 11.1 Å². The van der Waals surface area contributed by atoms with Gasteiger partial charge in [-0.3, -0.25) is 9.59 Å². The molecule has 0 unspecified atom stereocenters. The number of ether oxygens (including phenoxy) is 2. The van der Waals surface area contributed by atoms with Crippen LogP contribution in [0.4, 0.5) is 9.59 Å². The van der Waals surface area contributed by atoms with Crippen LogP contribution in [0.15, 0.2) is 0 Å². The van der Waals surface area contributed by atoms with E-state index < -0.39 is 11.2 Å². The lowest BCUT2D eigenvalue weighted by Gasteiger charge is -2.36. The predicted molar refractivity (Wildman–Crippen MR) is 235 cm³/mol. The number of nitrogens with one attached hydrogen (secondary N) is 3. The summed E-state index contributed by atoms with van der Waals surface area (Å²) in [5.41, 5.74) is 4.47. The van der Waals surface area contributed by atoms with Crippen molar-refractivity contribution in [2.24, 2.45) is 53.1 Å². The molecule has 5 N–H and O–H groups in total. The number of rotatable bonds is 15. The minimum Gasteiger partial charge on any atom is -0.444 e. The Labute approximate surface area is 357 Å². The smallest absolute Gasteiger partial charge is 0.407 e. The summed E-state index contributed by atoms with van der Waals surface area (Å²) in [6.45, 7) is 27.1. The molecule has 2 fully saturated rings. The molecule has 0 spiro atoms. The number of hydrogen-bond acceptors (Lipinski definition) is 7. The Morgan fingerprint density at radius 2 is 0.982 bits per heavy atom. The molecular formula is C43H83Cl3N4O6. The van der Waals surface area contributed by atoms with Crippen LogP contribution in [0.5, 0.6) is 0 Å². The monoisotopic (exact) mass is 857 g/mol. The quantitative estimate of drug-likeness (QED) is 0.0728. The number of carbonyl (C=O) groups is 4. The van der Waals surface area contributed by atoms with E-state index >= 15 is 0 Å². The molecule has 0 aliphatic heterocycles. The van der Waals surface area contributed by atoms with Crippen molar-refractivity contribution in [2.45, 2.75) is 171 Å². The van der Waals surface area contributed by atoms with Crippen LogP contribution in [0.3, 0.4) is 0 Å². The van der Waals surface area contributed by atoms with E-state index in [1.165, 1.54) is 25.7 Å². The van der Waals surface area contributed by atoms with Gasteiger partial charge in [-0.25, -0.2) is 9.59 Å². The van der Waals surface area contributed by atoms with Gasteiger partial charge in [0.05, 0.1) is 5.34 Å². The van der Waals surface area contributed by atoms with Crippen LogP contribution < -0.4 is 21.7 Å². The Bertz CT molecular complexity index is 1070. The normalized spacial score (nSPS) is 22.2. The fourth-order valence-corrected chi connectivity index (χ4v) is 7.44. The summed E-state index contributed by atoms with van der Waals surface area (Å²) in [6, 6.07) is 0. The van der Waals surface area contributed by atoms with Crippen molar-refractivity contribution in [3.8, 4) is 0 Å². The third kappa shape index (κ3) is 30.6. The van der Waals surface area contributed by atoms with E-state index in [1.807, 2.05) is 41.5 Å². The standard InChI is InChI=1S/C21H40N2O3.C11H19ClO.C10H22N2O2.CH2Cl2/c1-15(2)17-11-10-16(3)14-18(17)19(24)22-12-8-7-9-13-23-20(25)26-21(4,5)6;1-7(2)9-5-4-8(3)6-10(9)11(12)13;1-10(2,3)14-9(13)12-8-6-4-5-7-11;2-1-3/h15-18H,7-14H2,1-6H3,(H,22,24)(H,23,25);7-10H,4-6H2,1-3H3;4-8,11H2,1-3H3,(H,12,13);1H2/t16-,17+,18-;8-,9+,10-;;/m11../s1. The van der Waals surface area contributed by atoms with Gasteiger partial charge in [-0.2, -0.15) is 0 Å². The summed E-state index contributed by atoms with van der Waals surface area (Å²) < 4.78 is 10.3. The highest BCUT2D eigenvalue weighted by Gasteiger charge is 2.36. The van der Waals surface area contributed by atoms with Crippen LogP contribution in [0.2, 0.25) is 0 Å². The van der Waals surface area contributed by atoms with Crippen molar-refractivity contribution in [1.82, 2.24) is 16.0 Å². The minimum absolute atomic E-state index is 0.116. The molecule has 10 nitrogen and oxygen atoms in total. The van der Waals surface area contributed by atoms with Crippen molar-refractivity contribution in [2.75, 3.05) is 31.5 Å². The van der Waals surface area contributed by atoms with E-state index in [0.29, 0.717) is 55.1 Å². The van der Waals surface area contributed by atoms with E-state index in [4.69, 9.17) is 50.0 Å². The molecule has 56 heavy (non-hydrogen) atoms. The highest BCUT2D eigenvalue weighted by Crippen LogP contribution is 2.39. The van der Waals surface area contributed by atoms with E-state index in [2.05, 4.69) is 57.5 Å². The van der Waals surface area contributed by atoms with Crippen molar-refractivity contribution >= 4 is 58.1 Å². The topological polar surface area (TPSA) is 149 Å². The number of halogens is 3. The van der Waals surface area contributed by atoms with Gasteiger partial charge < -0.3 is 31.2 Å². The number of carbonyl (C=O) groups excluding carboxylic acids is 4. The summed E-state index contributed by atoms with van der Waals surface area (Å²) in [7, 11) is 0. The lowest BCUT2D eigenvalue weighted by Crippen LogP contribution is -2.40. The first-order chi connectivity index (χ1) is 26.0. The lowest BCUT2D eigenvalue weighted by atomic mass is 9.70.